The van der Waals surface area contributed by atoms with Crippen LogP contribution in [0.4, 0.5) is 0 Å². The molecule has 0 spiro atoms. The van der Waals surface area contributed by atoms with Gasteiger partial charge in [0, 0.05) is 26.4 Å². The highest BCUT2D eigenvalue weighted by molar-refractivity contribution is 5.86. The molecular weight excluding hydrogens is 568 g/mol. The molecule has 0 aliphatic carbocycles. The van der Waals surface area contributed by atoms with E-state index in [0.29, 0.717) is 98.4 Å². The first-order chi connectivity index (χ1) is 21.5. The van der Waals surface area contributed by atoms with Crippen LogP contribution < -0.4 is 11.1 Å². The SMILES string of the molecule is CCCCCCCCCCCC(=O)NC(CCCCCC(=O)CCOCCOCCOCCOCCOCCOC)C(N)=O. The Morgan fingerprint density at radius 2 is 0.977 bits per heavy atom. The number of carbonyl (C=O) groups excluding carboxylic acids is 3. The highest BCUT2D eigenvalue weighted by atomic mass is 16.6. The number of carbonyl (C=O) groups is 3. The Bertz CT molecular complexity index is 667. The van der Waals surface area contributed by atoms with E-state index in [0.717, 1.165) is 38.5 Å². The van der Waals surface area contributed by atoms with Gasteiger partial charge in [0.15, 0.2) is 0 Å². The summed E-state index contributed by atoms with van der Waals surface area (Å²) in [7, 11) is 1.64. The standard InChI is InChI=1S/C33H64N2O9/c1-3-4-5-6-7-8-9-10-14-17-32(37)35-31(33(34)38)16-13-11-12-15-30(36)18-19-40-22-23-42-26-27-44-29-28-43-25-24-41-21-20-39-2/h31H,3-29H2,1-2H3,(H2,34,38)(H,35,37). The van der Waals surface area contributed by atoms with Crippen LogP contribution in [-0.2, 0) is 42.8 Å². The lowest BCUT2D eigenvalue weighted by molar-refractivity contribution is -0.127. The third-order valence-corrected chi connectivity index (χ3v) is 7.08. The predicted octanol–water partition coefficient (Wildman–Crippen LogP) is 4.52. The van der Waals surface area contributed by atoms with Gasteiger partial charge >= 0.3 is 0 Å². The molecule has 0 radical (unpaired) electrons. The molecule has 0 fully saturated rings. The maximum Gasteiger partial charge on any atom is 0.239 e. The largest absolute Gasteiger partial charge is 0.382 e. The summed E-state index contributed by atoms with van der Waals surface area (Å²) in [6.45, 7) is 7.66. The van der Waals surface area contributed by atoms with Crippen LogP contribution in [0, 0.1) is 0 Å². The summed E-state index contributed by atoms with van der Waals surface area (Å²) in [6, 6.07) is -0.644. The van der Waals surface area contributed by atoms with E-state index in [1.807, 2.05) is 0 Å². The fraction of sp³-hybridized carbons (Fsp3) is 0.909. The van der Waals surface area contributed by atoms with Gasteiger partial charge in [0.2, 0.25) is 11.8 Å². The third kappa shape index (κ3) is 31.8. The fourth-order valence-electron chi connectivity index (χ4n) is 4.43. The Morgan fingerprint density at radius 1 is 0.545 bits per heavy atom. The van der Waals surface area contributed by atoms with Crippen molar-refractivity contribution in [3.05, 3.63) is 0 Å². The minimum absolute atomic E-state index is 0.108. The number of Topliss-reactive ketones (excluding diaryl/α,β-unsaturated/α-hetero) is 1. The number of hydrogen-bond acceptors (Lipinski definition) is 9. The van der Waals surface area contributed by atoms with E-state index < -0.39 is 11.9 Å². The summed E-state index contributed by atoms with van der Waals surface area (Å²) in [5, 5.41) is 2.79. The third-order valence-electron chi connectivity index (χ3n) is 7.08. The van der Waals surface area contributed by atoms with Crippen LogP contribution in [0.2, 0.25) is 0 Å². The van der Waals surface area contributed by atoms with E-state index in [4.69, 9.17) is 34.2 Å². The molecule has 0 aromatic heterocycles. The van der Waals surface area contributed by atoms with Gasteiger partial charge in [0.25, 0.3) is 0 Å². The van der Waals surface area contributed by atoms with Crippen LogP contribution in [0.1, 0.15) is 110 Å². The second-order valence-electron chi connectivity index (χ2n) is 11.0. The molecule has 44 heavy (non-hydrogen) atoms. The quantitative estimate of drug-likeness (QED) is 0.0953. The number of unbranched alkanes of at least 4 members (excludes halogenated alkanes) is 10. The average Bonchev–Trinajstić information content (AvgIpc) is 3.00. The topological polar surface area (TPSA) is 145 Å². The number of rotatable bonds is 36. The van der Waals surface area contributed by atoms with Crippen LogP contribution in [0.25, 0.3) is 0 Å². The van der Waals surface area contributed by atoms with Crippen LogP contribution in [0.15, 0.2) is 0 Å². The number of nitrogens with one attached hydrogen (secondary N) is 1. The zero-order valence-electron chi connectivity index (χ0n) is 27.9. The van der Waals surface area contributed by atoms with Crippen molar-refractivity contribution in [2.75, 3.05) is 79.8 Å². The zero-order chi connectivity index (χ0) is 32.4. The molecule has 0 aliphatic rings. The Hall–Kier alpha value is -1.63. The van der Waals surface area contributed by atoms with Crippen LogP contribution in [0.3, 0.4) is 0 Å². The predicted molar refractivity (Wildman–Crippen MR) is 172 cm³/mol. The molecule has 0 aromatic carbocycles. The summed E-state index contributed by atoms with van der Waals surface area (Å²) in [6.07, 6.45) is 14.8. The summed E-state index contributed by atoms with van der Waals surface area (Å²) in [5.41, 5.74) is 5.50. The molecule has 11 nitrogen and oxygen atoms in total. The maximum atomic E-state index is 12.2. The lowest BCUT2D eigenvalue weighted by Gasteiger charge is -2.15. The Morgan fingerprint density at radius 3 is 1.48 bits per heavy atom. The average molecular weight is 633 g/mol. The number of primary amides is 1. The van der Waals surface area contributed by atoms with Crippen LogP contribution in [0.5, 0.6) is 0 Å². The van der Waals surface area contributed by atoms with Crippen molar-refractivity contribution in [1.29, 1.82) is 0 Å². The molecule has 260 valence electrons. The van der Waals surface area contributed by atoms with Crippen molar-refractivity contribution in [3.8, 4) is 0 Å². The van der Waals surface area contributed by atoms with Gasteiger partial charge in [-0.25, -0.2) is 0 Å². The van der Waals surface area contributed by atoms with Crippen molar-refractivity contribution >= 4 is 17.6 Å². The Balaban J connectivity index is 3.55. The van der Waals surface area contributed by atoms with E-state index in [2.05, 4.69) is 12.2 Å². The highest BCUT2D eigenvalue weighted by Gasteiger charge is 2.17. The van der Waals surface area contributed by atoms with E-state index in [9.17, 15) is 14.4 Å². The minimum atomic E-state index is -0.644. The smallest absolute Gasteiger partial charge is 0.239 e. The molecule has 1 atom stereocenters. The van der Waals surface area contributed by atoms with Gasteiger partial charge in [-0.15, -0.1) is 0 Å². The van der Waals surface area contributed by atoms with E-state index in [1.54, 1.807) is 7.11 Å². The molecule has 0 bridgehead atoms. The van der Waals surface area contributed by atoms with Gasteiger partial charge < -0.3 is 39.5 Å². The summed E-state index contributed by atoms with van der Waals surface area (Å²) < 4.78 is 31.9. The molecule has 1 unspecified atom stereocenters. The highest BCUT2D eigenvalue weighted by Crippen LogP contribution is 2.11. The van der Waals surface area contributed by atoms with Gasteiger partial charge in [0.1, 0.15) is 11.8 Å². The molecule has 0 saturated carbocycles. The van der Waals surface area contributed by atoms with Gasteiger partial charge in [0.05, 0.1) is 72.7 Å². The Kier molecular flexibility index (Phi) is 33.0. The molecule has 2 amide bonds. The fourth-order valence-corrected chi connectivity index (χ4v) is 4.43. The van der Waals surface area contributed by atoms with Crippen molar-refractivity contribution in [2.24, 2.45) is 5.73 Å². The van der Waals surface area contributed by atoms with Crippen molar-refractivity contribution < 1.29 is 42.8 Å². The number of ketones is 1. The van der Waals surface area contributed by atoms with Crippen LogP contribution >= 0.6 is 0 Å². The summed E-state index contributed by atoms with van der Waals surface area (Å²) >= 11 is 0. The monoisotopic (exact) mass is 632 g/mol. The Labute approximate surface area is 266 Å². The first-order valence-corrected chi connectivity index (χ1v) is 17.0. The number of nitrogens with two attached hydrogens (primary N) is 1. The number of hydrogen-bond donors (Lipinski definition) is 2. The number of ether oxygens (including phenoxy) is 6. The lowest BCUT2D eigenvalue weighted by Crippen LogP contribution is -2.44. The van der Waals surface area contributed by atoms with Crippen molar-refractivity contribution in [3.63, 3.8) is 0 Å². The van der Waals surface area contributed by atoms with Crippen molar-refractivity contribution in [2.45, 2.75) is 116 Å². The molecule has 3 N–H and O–H groups in total. The van der Waals surface area contributed by atoms with E-state index >= 15 is 0 Å². The van der Waals surface area contributed by atoms with E-state index in [1.165, 1.54) is 38.5 Å². The van der Waals surface area contributed by atoms with Crippen molar-refractivity contribution in [1.82, 2.24) is 5.32 Å². The van der Waals surface area contributed by atoms with E-state index in [-0.39, 0.29) is 11.7 Å². The number of amides is 2. The lowest BCUT2D eigenvalue weighted by atomic mass is 10.0. The van der Waals surface area contributed by atoms with Gasteiger partial charge in [-0.1, -0.05) is 71.1 Å². The molecule has 0 aromatic rings. The van der Waals surface area contributed by atoms with Crippen LogP contribution in [-0.4, -0.2) is 103 Å². The molecule has 0 aliphatic heterocycles. The normalized spacial score (nSPS) is 12.0. The first kappa shape index (κ1) is 42.4. The summed E-state index contributed by atoms with van der Waals surface area (Å²) in [4.78, 5) is 36.1. The molecule has 0 saturated heterocycles. The zero-order valence-corrected chi connectivity index (χ0v) is 27.9. The molecule has 0 heterocycles. The molecular formula is C33H64N2O9. The first-order valence-electron chi connectivity index (χ1n) is 17.0. The second kappa shape index (κ2) is 34.2. The second-order valence-corrected chi connectivity index (χ2v) is 11.0. The van der Waals surface area contributed by atoms with Gasteiger partial charge in [-0.2, -0.15) is 0 Å². The minimum Gasteiger partial charge on any atom is -0.382 e. The molecule has 11 heteroatoms. The number of methoxy groups -OCH3 is 1. The van der Waals surface area contributed by atoms with Gasteiger partial charge in [-0.3, -0.25) is 14.4 Å². The maximum absolute atomic E-state index is 12.2. The van der Waals surface area contributed by atoms with Gasteiger partial charge in [-0.05, 0) is 19.3 Å². The summed E-state index contributed by atoms with van der Waals surface area (Å²) in [5.74, 6) is -0.455. The molecule has 0 rings (SSSR count).